The highest BCUT2D eigenvalue weighted by molar-refractivity contribution is 5.79. The first-order chi connectivity index (χ1) is 12.1. The molecule has 0 spiro atoms. The van der Waals surface area contributed by atoms with Crippen LogP contribution in [-0.2, 0) is 15.1 Å². The van der Waals surface area contributed by atoms with Crippen molar-refractivity contribution in [2.75, 3.05) is 39.5 Å². The van der Waals surface area contributed by atoms with E-state index in [1.807, 2.05) is 6.92 Å². The fraction of sp³-hybridized carbons (Fsp3) is 0.722. The van der Waals surface area contributed by atoms with Gasteiger partial charge >= 0.3 is 0 Å². The van der Waals surface area contributed by atoms with Crippen LogP contribution in [0.5, 0.6) is 0 Å². The molecular weight excluding hydrogens is 322 g/mol. The molecule has 2 heterocycles. The minimum atomic E-state index is -1.13. The summed E-state index contributed by atoms with van der Waals surface area (Å²) >= 11 is 0. The van der Waals surface area contributed by atoms with E-state index >= 15 is 0 Å². The van der Waals surface area contributed by atoms with Crippen LogP contribution in [0.15, 0.2) is 27.8 Å². The van der Waals surface area contributed by atoms with Crippen LogP contribution in [0.1, 0.15) is 38.9 Å². The zero-order chi connectivity index (χ0) is 18.0. The van der Waals surface area contributed by atoms with Gasteiger partial charge in [0, 0.05) is 26.3 Å². The minimum absolute atomic E-state index is 0.214. The van der Waals surface area contributed by atoms with Crippen molar-refractivity contribution in [3.05, 3.63) is 24.2 Å². The Morgan fingerprint density at radius 1 is 1.48 bits per heavy atom. The van der Waals surface area contributed by atoms with Crippen molar-refractivity contribution >= 4 is 5.96 Å². The number of hydrogen-bond donors (Lipinski definition) is 3. The van der Waals surface area contributed by atoms with Gasteiger partial charge in [-0.15, -0.1) is 0 Å². The van der Waals surface area contributed by atoms with Crippen molar-refractivity contribution in [3.8, 4) is 0 Å². The molecule has 142 valence electrons. The molecule has 1 saturated heterocycles. The van der Waals surface area contributed by atoms with Gasteiger partial charge < -0.3 is 29.6 Å². The fourth-order valence-corrected chi connectivity index (χ4v) is 2.61. The van der Waals surface area contributed by atoms with Gasteiger partial charge in [0.05, 0.1) is 25.5 Å². The molecule has 1 aromatic heterocycles. The molecule has 7 nitrogen and oxygen atoms in total. The first-order valence-electron chi connectivity index (χ1n) is 9.09. The molecule has 0 bridgehead atoms. The van der Waals surface area contributed by atoms with Crippen LogP contribution in [0, 0.1) is 0 Å². The van der Waals surface area contributed by atoms with Gasteiger partial charge in [0.1, 0.15) is 11.4 Å². The summed E-state index contributed by atoms with van der Waals surface area (Å²) in [5.74, 6) is 1.18. The average Bonchev–Trinajstić information content (AvgIpc) is 3.29. The highest BCUT2D eigenvalue weighted by Gasteiger charge is 2.26. The lowest BCUT2D eigenvalue weighted by atomic mass is 10.0. The third-order valence-corrected chi connectivity index (χ3v) is 4.03. The van der Waals surface area contributed by atoms with Gasteiger partial charge in [-0.05, 0) is 45.2 Å². The predicted octanol–water partition coefficient (Wildman–Crippen LogP) is 1.63. The Balaban J connectivity index is 1.66. The maximum Gasteiger partial charge on any atom is 0.191 e. The maximum absolute atomic E-state index is 10.4. The number of furan rings is 1. The van der Waals surface area contributed by atoms with E-state index in [4.69, 9.17) is 13.9 Å². The number of aliphatic imine (C=N–C) groups is 1. The summed E-state index contributed by atoms with van der Waals surface area (Å²) in [6, 6.07) is 3.51. The van der Waals surface area contributed by atoms with E-state index in [-0.39, 0.29) is 12.6 Å². The lowest BCUT2D eigenvalue weighted by Crippen LogP contribution is -2.39. The summed E-state index contributed by atoms with van der Waals surface area (Å²) < 4.78 is 16.4. The molecule has 1 aromatic rings. The Morgan fingerprint density at radius 3 is 3.04 bits per heavy atom. The number of ether oxygens (including phenoxy) is 2. The molecule has 2 atom stereocenters. The van der Waals surface area contributed by atoms with Crippen molar-refractivity contribution in [3.63, 3.8) is 0 Å². The summed E-state index contributed by atoms with van der Waals surface area (Å²) in [5, 5.41) is 16.9. The van der Waals surface area contributed by atoms with Crippen LogP contribution in [-0.4, -0.2) is 56.6 Å². The normalized spacial score (nSPS) is 20.4. The zero-order valence-electron chi connectivity index (χ0n) is 15.3. The Labute approximate surface area is 149 Å². The summed E-state index contributed by atoms with van der Waals surface area (Å²) in [5.41, 5.74) is -1.13. The lowest BCUT2D eigenvalue weighted by Gasteiger charge is -2.19. The van der Waals surface area contributed by atoms with Crippen LogP contribution in [0.4, 0.5) is 0 Å². The summed E-state index contributed by atoms with van der Waals surface area (Å²) in [7, 11) is 0. The maximum atomic E-state index is 10.4. The van der Waals surface area contributed by atoms with Crippen molar-refractivity contribution < 1.29 is 19.0 Å². The second kappa shape index (κ2) is 10.4. The van der Waals surface area contributed by atoms with Crippen molar-refractivity contribution in [1.29, 1.82) is 0 Å². The highest BCUT2D eigenvalue weighted by Crippen LogP contribution is 2.21. The van der Waals surface area contributed by atoms with Crippen LogP contribution in [0.25, 0.3) is 0 Å². The molecule has 7 heteroatoms. The third kappa shape index (κ3) is 7.05. The molecule has 0 saturated carbocycles. The number of aliphatic hydroxyl groups is 1. The van der Waals surface area contributed by atoms with Gasteiger partial charge in [0.15, 0.2) is 5.96 Å². The molecule has 0 aliphatic carbocycles. The van der Waals surface area contributed by atoms with Crippen LogP contribution < -0.4 is 10.6 Å². The van der Waals surface area contributed by atoms with Gasteiger partial charge in [-0.2, -0.15) is 0 Å². The molecule has 3 N–H and O–H groups in total. The Bertz CT molecular complexity index is 496. The van der Waals surface area contributed by atoms with E-state index in [2.05, 4.69) is 15.6 Å². The Hall–Kier alpha value is -1.57. The van der Waals surface area contributed by atoms with E-state index in [1.54, 1.807) is 25.3 Å². The third-order valence-electron chi connectivity index (χ3n) is 4.03. The highest BCUT2D eigenvalue weighted by atomic mass is 16.5. The molecule has 0 radical (unpaired) electrons. The number of nitrogens with one attached hydrogen (secondary N) is 2. The summed E-state index contributed by atoms with van der Waals surface area (Å²) in [6.07, 6.45) is 4.94. The van der Waals surface area contributed by atoms with Gasteiger partial charge in [-0.3, -0.25) is 0 Å². The molecule has 25 heavy (non-hydrogen) atoms. The van der Waals surface area contributed by atoms with Crippen molar-refractivity contribution in [2.45, 2.75) is 44.8 Å². The Kier molecular flexibility index (Phi) is 8.24. The Morgan fingerprint density at radius 2 is 2.36 bits per heavy atom. The van der Waals surface area contributed by atoms with Gasteiger partial charge in [-0.1, -0.05) is 0 Å². The average molecular weight is 353 g/mol. The second-order valence-corrected chi connectivity index (χ2v) is 6.44. The molecule has 2 unspecified atom stereocenters. The lowest BCUT2D eigenvalue weighted by molar-refractivity contribution is 0.0168. The second-order valence-electron chi connectivity index (χ2n) is 6.44. The molecule has 2 rings (SSSR count). The van der Waals surface area contributed by atoms with E-state index in [9.17, 15) is 5.11 Å². The molecule has 1 aliphatic rings. The standard InChI is InChI=1S/C18H31N3O4/c1-3-19-17(21-14-18(2,22)16-8-5-12-25-16)20-9-6-10-23-13-15-7-4-11-24-15/h5,8,12,15,22H,3-4,6-7,9-11,13-14H2,1-2H3,(H2,19,20,21). The van der Waals surface area contributed by atoms with Crippen molar-refractivity contribution in [1.82, 2.24) is 10.6 Å². The minimum Gasteiger partial charge on any atom is -0.466 e. The monoisotopic (exact) mass is 353 g/mol. The first-order valence-corrected chi connectivity index (χ1v) is 9.09. The predicted molar refractivity (Wildman–Crippen MR) is 96.7 cm³/mol. The number of rotatable bonds is 10. The smallest absolute Gasteiger partial charge is 0.191 e. The van der Waals surface area contributed by atoms with E-state index < -0.39 is 5.60 Å². The molecular formula is C18H31N3O4. The van der Waals surface area contributed by atoms with Gasteiger partial charge in [0.25, 0.3) is 0 Å². The van der Waals surface area contributed by atoms with E-state index in [0.29, 0.717) is 24.9 Å². The SMILES string of the molecule is CCNC(=NCC(C)(O)c1ccco1)NCCCOCC1CCCO1. The molecule has 1 aliphatic heterocycles. The number of hydrogen-bond acceptors (Lipinski definition) is 5. The summed E-state index contributed by atoms with van der Waals surface area (Å²) in [4.78, 5) is 4.45. The molecule has 0 aromatic carbocycles. The van der Waals surface area contributed by atoms with Crippen LogP contribution in [0.3, 0.4) is 0 Å². The quantitative estimate of drug-likeness (QED) is 0.337. The van der Waals surface area contributed by atoms with E-state index in [1.165, 1.54) is 0 Å². The summed E-state index contributed by atoms with van der Waals surface area (Å²) in [6.45, 7) is 7.65. The number of guanidine groups is 1. The first kappa shape index (κ1) is 19.8. The van der Waals surface area contributed by atoms with Crippen LogP contribution in [0.2, 0.25) is 0 Å². The zero-order valence-corrected chi connectivity index (χ0v) is 15.3. The van der Waals surface area contributed by atoms with Crippen LogP contribution >= 0.6 is 0 Å². The largest absolute Gasteiger partial charge is 0.466 e. The van der Waals surface area contributed by atoms with Crippen molar-refractivity contribution in [2.24, 2.45) is 4.99 Å². The van der Waals surface area contributed by atoms with E-state index in [0.717, 1.165) is 39.0 Å². The number of nitrogens with zero attached hydrogens (tertiary/aromatic N) is 1. The molecule has 0 amide bonds. The topological polar surface area (TPSA) is 88.3 Å². The van der Waals surface area contributed by atoms with Gasteiger partial charge in [0.2, 0.25) is 0 Å². The fourth-order valence-electron chi connectivity index (χ4n) is 2.61. The van der Waals surface area contributed by atoms with Gasteiger partial charge in [-0.25, -0.2) is 4.99 Å². The molecule has 1 fully saturated rings.